The molecule has 0 aliphatic heterocycles. The van der Waals surface area contributed by atoms with Gasteiger partial charge in [-0.25, -0.2) is 9.97 Å². The molecule has 0 spiro atoms. The molecule has 26 heavy (non-hydrogen) atoms. The van der Waals surface area contributed by atoms with E-state index >= 15 is 0 Å². The van der Waals surface area contributed by atoms with Gasteiger partial charge in [0.05, 0.1) is 19.0 Å². The lowest BCUT2D eigenvalue weighted by molar-refractivity contribution is 0.414. The topological polar surface area (TPSA) is 64.9 Å². The van der Waals surface area contributed by atoms with Gasteiger partial charge in [0.15, 0.2) is 0 Å². The highest BCUT2D eigenvalue weighted by Gasteiger charge is 2.09. The molecule has 0 atom stereocenters. The molecule has 7 heteroatoms. The van der Waals surface area contributed by atoms with Crippen LogP contribution in [0.3, 0.4) is 0 Å². The third-order valence-corrected chi connectivity index (χ3v) is 4.32. The van der Waals surface area contributed by atoms with Gasteiger partial charge in [0.25, 0.3) is 0 Å². The summed E-state index contributed by atoms with van der Waals surface area (Å²) in [6, 6.07) is 11.4. The molecule has 0 bridgehead atoms. The highest BCUT2D eigenvalue weighted by molar-refractivity contribution is 6.29. The predicted molar refractivity (Wildman–Crippen MR) is 103 cm³/mol. The Bertz CT molecular complexity index is 1080. The standard InChI is InChI=1S/C19H16ClN5O/c1-12-9-15(26-2)4-5-16(12)23-19-22-10-13-7-8-25(18(13)24-19)14-3-6-17(20)21-11-14/h3-11H,1-2H3,(H,22,23,24). The van der Waals surface area contributed by atoms with Crippen LogP contribution in [-0.4, -0.2) is 26.6 Å². The minimum Gasteiger partial charge on any atom is -0.497 e. The van der Waals surface area contributed by atoms with Crippen LogP contribution in [0, 0.1) is 6.92 Å². The van der Waals surface area contributed by atoms with Gasteiger partial charge in [-0.05, 0) is 48.9 Å². The maximum atomic E-state index is 5.88. The van der Waals surface area contributed by atoms with Crippen molar-refractivity contribution in [1.82, 2.24) is 19.5 Å². The zero-order valence-electron chi connectivity index (χ0n) is 14.3. The number of aryl methyl sites for hydroxylation is 1. The number of ether oxygens (including phenoxy) is 1. The van der Waals surface area contributed by atoms with E-state index in [4.69, 9.17) is 16.3 Å². The van der Waals surface area contributed by atoms with Crippen molar-refractivity contribution in [2.75, 3.05) is 12.4 Å². The van der Waals surface area contributed by atoms with E-state index in [0.29, 0.717) is 11.1 Å². The summed E-state index contributed by atoms with van der Waals surface area (Å²) in [5.74, 6) is 1.33. The fourth-order valence-electron chi connectivity index (χ4n) is 2.72. The van der Waals surface area contributed by atoms with Crippen LogP contribution >= 0.6 is 11.6 Å². The molecule has 1 N–H and O–H groups in total. The van der Waals surface area contributed by atoms with E-state index in [1.807, 2.05) is 48.0 Å². The Balaban J connectivity index is 1.71. The second-order valence-corrected chi connectivity index (χ2v) is 6.19. The molecule has 130 valence electrons. The average Bonchev–Trinajstić information content (AvgIpc) is 3.07. The SMILES string of the molecule is COc1ccc(Nc2ncc3ccn(-c4ccc(Cl)nc4)c3n2)c(C)c1. The van der Waals surface area contributed by atoms with Crippen LogP contribution in [0.15, 0.2) is 55.0 Å². The van der Waals surface area contributed by atoms with Crippen molar-refractivity contribution in [3.63, 3.8) is 0 Å². The Labute approximate surface area is 155 Å². The van der Waals surface area contributed by atoms with Gasteiger partial charge < -0.3 is 10.1 Å². The minimum atomic E-state index is 0.456. The molecule has 0 aliphatic rings. The number of rotatable bonds is 4. The first kappa shape index (κ1) is 16.4. The molecule has 0 fully saturated rings. The molecular formula is C19H16ClN5O. The van der Waals surface area contributed by atoms with E-state index in [2.05, 4.69) is 20.3 Å². The molecule has 3 aromatic heterocycles. The quantitative estimate of drug-likeness (QED) is 0.538. The molecule has 0 saturated heterocycles. The lowest BCUT2D eigenvalue weighted by atomic mass is 10.2. The molecule has 0 aliphatic carbocycles. The number of halogens is 1. The van der Waals surface area contributed by atoms with Gasteiger partial charge in [0.2, 0.25) is 5.95 Å². The summed E-state index contributed by atoms with van der Waals surface area (Å²) in [6.45, 7) is 2.01. The molecule has 0 radical (unpaired) electrons. The van der Waals surface area contributed by atoms with Gasteiger partial charge in [-0.1, -0.05) is 11.6 Å². The van der Waals surface area contributed by atoms with Crippen LogP contribution < -0.4 is 10.1 Å². The van der Waals surface area contributed by atoms with Crippen LogP contribution in [0.5, 0.6) is 5.75 Å². The smallest absolute Gasteiger partial charge is 0.229 e. The van der Waals surface area contributed by atoms with Crippen molar-refractivity contribution in [3.05, 3.63) is 65.7 Å². The first-order valence-corrected chi connectivity index (χ1v) is 8.39. The van der Waals surface area contributed by atoms with Crippen molar-refractivity contribution in [2.24, 2.45) is 0 Å². The zero-order chi connectivity index (χ0) is 18.1. The number of nitrogens with zero attached hydrogens (tertiary/aromatic N) is 4. The summed E-state index contributed by atoms with van der Waals surface area (Å²) in [5.41, 5.74) is 3.65. The number of fused-ring (bicyclic) bond motifs is 1. The number of benzene rings is 1. The largest absolute Gasteiger partial charge is 0.497 e. The van der Waals surface area contributed by atoms with Crippen molar-refractivity contribution in [1.29, 1.82) is 0 Å². The Morgan fingerprint density at radius 3 is 2.69 bits per heavy atom. The summed E-state index contributed by atoms with van der Waals surface area (Å²) in [5, 5.41) is 4.66. The van der Waals surface area contributed by atoms with Crippen LogP contribution in [-0.2, 0) is 0 Å². The Morgan fingerprint density at radius 2 is 1.96 bits per heavy atom. The third-order valence-electron chi connectivity index (χ3n) is 4.10. The average molecular weight is 366 g/mol. The number of hydrogen-bond donors (Lipinski definition) is 1. The van der Waals surface area contributed by atoms with E-state index in [1.165, 1.54) is 0 Å². The monoisotopic (exact) mass is 365 g/mol. The Morgan fingerprint density at radius 1 is 1.08 bits per heavy atom. The highest BCUT2D eigenvalue weighted by Crippen LogP contribution is 2.25. The summed E-state index contributed by atoms with van der Waals surface area (Å²) in [4.78, 5) is 13.2. The van der Waals surface area contributed by atoms with Gasteiger partial charge >= 0.3 is 0 Å². The molecule has 3 heterocycles. The summed E-state index contributed by atoms with van der Waals surface area (Å²) < 4.78 is 7.19. The fourth-order valence-corrected chi connectivity index (χ4v) is 2.83. The van der Waals surface area contributed by atoms with Gasteiger partial charge in [0.1, 0.15) is 16.5 Å². The highest BCUT2D eigenvalue weighted by atomic mass is 35.5. The third kappa shape index (κ3) is 3.07. The van der Waals surface area contributed by atoms with E-state index in [9.17, 15) is 0 Å². The molecule has 0 saturated carbocycles. The molecular weight excluding hydrogens is 350 g/mol. The number of aromatic nitrogens is 4. The second-order valence-electron chi connectivity index (χ2n) is 5.80. The maximum Gasteiger partial charge on any atom is 0.229 e. The number of hydrogen-bond acceptors (Lipinski definition) is 5. The van der Waals surface area contributed by atoms with E-state index < -0.39 is 0 Å². The summed E-state index contributed by atoms with van der Waals surface area (Å²) in [6.07, 6.45) is 5.45. The number of nitrogens with one attached hydrogen (secondary N) is 1. The fraction of sp³-hybridized carbons (Fsp3) is 0.105. The molecule has 0 amide bonds. The number of anilines is 2. The summed E-state index contributed by atoms with van der Waals surface area (Å²) in [7, 11) is 1.65. The Hall–Kier alpha value is -3.12. The minimum absolute atomic E-state index is 0.456. The van der Waals surface area contributed by atoms with Crippen molar-refractivity contribution in [3.8, 4) is 11.4 Å². The predicted octanol–water partition coefficient (Wildman–Crippen LogP) is 4.53. The summed E-state index contributed by atoms with van der Waals surface area (Å²) >= 11 is 5.88. The number of methoxy groups -OCH3 is 1. The first-order valence-electron chi connectivity index (χ1n) is 8.02. The second kappa shape index (κ2) is 6.65. The van der Waals surface area contributed by atoms with Gasteiger partial charge in [-0.2, -0.15) is 4.98 Å². The van der Waals surface area contributed by atoms with Crippen LogP contribution in [0.4, 0.5) is 11.6 Å². The lowest BCUT2D eigenvalue weighted by Crippen LogP contribution is -2.01. The van der Waals surface area contributed by atoms with E-state index in [1.54, 1.807) is 25.6 Å². The lowest BCUT2D eigenvalue weighted by Gasteiger charge is -2.10. The Kier molecular flexibility index (Phi) is 4.18. The van der Waals surface area contributed by atoms with Gasteiger partial charge in [0, 0.05) is 23.5 Å². The van der Waals surface area contributed by atoms with E-state index in [-0.39, 0.29) is 0 Å². The van der Waals surface area contributed by atoms with E-state index in [0.717, 1.165) is 33.7 Å². The molecule has 4 aromatic rings. The van der Waals surface area contributed by atoms with Crippen molar-refractivity contribution in [2.45, 2.75) is 6.92 Å². The number of pyridine rings is 1. The van der Waals surface area contributed by atoms with Gasteiger partial charge in [-0.15, -0.1) is 0 Å². The van der Waals surface area contributed by atoms with Crippen molar-refractivity contribution >= 4 is 34.3 Å². The normalized spacial score (nSPS) is 10.9. The van der Waals surface area contributed by atoms with Crippen LogP contribution in [0.1, 0.15) is 5.56 Å². The van der Waals surface area contributed by atoms with Crippen LogP contribution in [0.2, 0.25) is 5.15 Å². The first-order chi connectivity index (χ1) is 12.6. The molecule has 1 aromatic carbocycles. The zero-order valence-corrected chi connectivity index (χ0v) is 15.0. The molecule has 6 nitrogen and oxygen atoms in total. The van der Waals surface area contributed by atoms with Gasteiger partial charge in [-0.3, -0.25) is 4.57 Å². The maximum absolute atomic E-state index is 5.88. The van der Waals surface area contributed by atoms with Crippen molar-refractivity contribution < 1.29 is 4.74 Å². The molecule has 4 rings (SSSR count). The van der Waals surface area contributed by atoms with Crippen LogP contribution in [0.25, 0.3) is 16.7 Å². The molecule has 0 unspecified atom stereocenters.